The molecule has 84 valence electrons. The van der Waals surface area contributed by atoms with Crippen LogP contribution in [-0.2, 0) is 9.53 Å². The van der Waals surface area contributed by atoms with Crippen molar-refractivity contribution in [3.8, 4) is 0 Å². The maximum atomic E-state index is 11.6. The Morgan fingerprint density at radius 2 is 1.94 bits per heavy atom. The maximum Gasteiger partial charge on any atom is 0.334 e. The number of carbonyl (C=O) groups excluding carboxylic acids is 1. The zero-order chi connectivity index (χ0) is 11.6. The SMILES string of the molecule is CC1(C)COC(=O)/C(=C\c2ccccc2)C1. The van der Waals surface area contributed by atoms with Crippen LogP contribution in [0.2, 0.25) is 0 Å². The molecule has 1 heterocycles. The van der Waals surface area contributed by atoms with Gasteiger partial charge in [-0.05, 0) is 18.1 Å². The van der Waals surface area contributed by atoms with Crippen LogP contribution in [0, 0.1) is 5.41 Å². The van der Waals surface area contributed by atoms with E-state index in [9.17, 15) is 4.79 Å². The Labute approximate surface area is 95.9 Å². The molecule has 1 aliphatic heterocycles. The fraction of sp³-hybridized carbons (Fsp3) is 0.357. The molecule has 0 radical (unpaired) electrons. The average Bonchev–Trinajstić information content (AvgIpc) is 2.25. The van der Waals surface area contributed by atoms with Gasteiger partial charge in [0.1, 0.15) is 0 Å². The van der Waals surface area contributed by atoms with E-state index in [0.717, 1.165) is 17.6 Å². The summed E-state index contributed by atoms with van der Waals surface area (Å²) in [4.78, 5) is 11.6. The summed E-state index contributed by atoms with van der Waals surface area (Å²) < 4.78 is 5.17. The summed E-state index contributed by atoms with van der Waals surface area (Å²) in [6.07, 6.45) is 2.70. The Kier molecular flexibility index (Phi) is 2.82. The Bertz CT molecular complexity index is 416. The van der Waals surface area contributed by atoms with Gasteiger partial charge < -0.3 is 4.74 Å². The molecule has 2 nitrogen and oxygen atoms in total. The van der Waals surface area contributed by atoms with Crippen LogP contribution in [0.5, 0.6) is 0 Å². The van der Waals surface area contributed by atoms with Crippen LogP contribution in [-0.4, -0.2) is 12.6 Å². The van der Waals surface area contributed by atoms with Crippen molar-refractivity contribution in [3.05, 3.63) is 41.5 Å². The summed E-state index contributed by atoms with van der Waals surface area (Å²) in [5.41, 5.74) is 1.86. The van der Waals surface area contributed by atoms with Crippen LogP contribution >= 0.6 is 0 Å². The number of carbonyl (C=O) groups is 1. The molecule has 0 saturated carbocycles. The first kappa shape index (κ1) is 10.9. The molecule has 2 heteroatoms. The fourth-order valence-corrected chi connectivity index (χ4v) is 1.85. The number of cyclic esters (lactones) is 1. The summed E-state index contributed by atoms with van der Waals surface area (Å²) in [5, 5.41) is 0. The van der Waals surface area contributed by atoms with Crippen molar-refractivity contribution in [1.82, 2.24) is 0 Å². The highest BCUT2D eigenvalue weighted by Gasteiger charge is 2.30. The molecule has 1 aliphatic rings. The minimum absolute atomic E-state index is 0.0501. The molecule has 0 bridgehead atoms. The van der Waals surface area contributed by atoms with E-state index in [1.807, 2.05) is 36.4 Å². The van der Waals surface area contributed by atoms with Gasteiger partial charge in [0, 0.05) is 11.0 Å². The van der Waals surface area contributed by atoms with Crippen molar-refractivity contribution >= 4 is 12.0 Å². The molecule has 0 aliphatic carbocycles. The van der Waals surface area contributed by atoms with E-state index in [1.165, 1.54) is 0 Å². The molecule has 16 heavy (non-hydrogen) atoms. The average molecular weight is 216 g/mol. The van der Waals surface area contributed by atoms with Gasteiger partial charge in [0.25, 0.3) is 0 Å². The summed E-state index contributed by atoms with van der Waals surface area (Å²) >= 11 is 0. The smallest absolute Gasteiger partial charge is 0.334 e. The van der Waals surface area contributed by atoms with Crippen LogP contribution in [0.25, 0.3) is 6.08 Å². The summed E-state index contributed by atoms with van der Waals surface area (Å²) in [6.45, 7) is 4.73. The molecule has 2 rings (SSSR count). The standard InChI is InChI=1S/C14H16O2/c1-14(2)9-12(13(15)16-10-14)8-11-6-4-3-5-7-11/h3-8H,9-10H2,1-2H3/b12-8-. The second-order valence-corrected chi connectivity index (χ2v) is 5.00. The molecule has 0 atom stereocenters. The van der Waals surface area contributed by atoms with E-state index in [1.54, 1.807) is 0 Å². The normalized spacial score (nSPS) is 21.9. The summed E-state index contributed by atoms with van der Waals surface area (Å²) in [5.74, 6) is -0.178. The first-order valence-corrected chi connectivity index (χ1v) is 5.50. The number of hydrogen-bond acceptors (Lipinski definition) is 2. The van der Waals surface area contributed by atoms with E-state index in [-0.39, 0.29) is 11.4 Å². The largest absolute Gasteiger partial charge is 0.462 e. The Morgan fingerprint density at radius 3 is 2.62 bits per heavy atom. The highest BCUT2D eigenvalue weighted by Crippen LogP contribution is 2.31. The van der Waals surface area contributed by atoms with Crippen molar-refractivity contribution in [1.29, 1.82) is 0 Å². The molecule has 0 amide bonds. The lowest BCUT2D eigenvalue weighted by Gasteiger charge is -2.30. The van der Waals surface area contributed by atoms with E-state index >= 15 is 0 Å². The molecular weight excluding hydrogens is 200 g/mol. The number of esters is 1. The molecule has 0 spiro atoms. The topological polar surface area (TPSA) is 26.3 Å². The van der Waals surface area contributed by atoms with Crippen molar-refractivity contribution in [3.63, 3.8) is 0 Å². The number of rotatable bonds is 1. The molecule has 1 fully saturated rings. The van der Waals surface area contributed by atoms with Gasteiger partial charge in [-0.1, -0.05) is 44.2 Å². The molecule has 0 N–H and O–H groups in total. The van der Waals surface area contributed by atoms with Gasteiger partial charge in [0.2, 0.25) is 0 Å². The highest BCUT2D eigenvalue weighted by molar-refractivity contribution is 5.94. The van der Waals surface area contributed by atoms with Crippen LogP contribution in [0.3, 0.4) is 0 Å². The van der Waals surface area contributed by atoms with Gasteiger partial charge in [0.05, 0.1) is 6.61 Å². The molecule has 0 unspecified atom stereocenters. The van der Waals surface area contributed by atoms with E-state index < -0.39 is 0 Å². The van der Waals surface area contributed by atoms with Gasteiger partial charge in [-0.15, -0.1) is 0 Å². The van der Waals surface area contributed by atoms with Gasteiger partial charge in [-0.2, -0.15) is 0 Å². The lowest BCUT2D eigenvalue weighted by molar-refractivity contribution is -0.146. The van der Waals surface area contributed by atoms with Crippen molar-refractivity contribution < 1.29 is 9.53 Å². The van der Waals surface area contributed by atoms with Gasteiger partial charge in [0.15, 0.2) is 0 Å². The monoisotopic (exact) mass is 216 g/mol. The Morgan fingerprint density at radius 1 is 1.25 bits per heavy atom. The summed E-state index contributed by atoms with van der Waals surface area (Å²) in [7, 11) is 0. The van der Waals surface area contributed by atoms with E-state index in [2.05, 4.69) is 13.8 Å². The predicted molar refractivity (Wildman–Crippen MR) is 63.8 cm³/mol. The van der Waals surface area contributed by atoms with Crippen LogP contribution < -0.4 is 0 Å². The third kappa shape index (κ3) is 2.51. The van der Waals surface area contributed by atoms with Gasteiger partial charge >= 0.3 is 5.97 Å². The van der Waals surface area contributed by atoms with Crippen molar-refractivity contribution in [2.45, 2.75) is 20.3 Å². The lowest BCUT2D eigenvalue weighted by atomic mass is 9.84. The minimum atomic E-state index is -0.178. The fourth-order valence-electron chi connectivity index (χ4n) is 1.85. The second kappa shape index (κ2) is 4.12. The van der Waals surface area contributed by atoms with Crippen molar-refractivity contribution in [2.24, 2.45) is 5.41 Å². The summed E-state index contributed by atoms with van der Waals surface area (Å²) in [6, 6.07) is 9.87. The first-order chi connectivity index (χ1) is 7.57. The molecule has 0 aromatic heterocycles. The quantitative estimate of drug-likeness (QED) is 0.532. The minimum Gasteiger partial charge on any atom is -0.462 e. The predicted octanol–water partition coefficient (Wildman–Crippen LogP) is 3.04. The molecule has 1 saturated heterocycles. The van der Waals surface area contributed by atoms with Crippen LogP contribution in [0.15, 0.2) is 35.9 Å². The molecular formula is C14H16O2. The zero-order valence-corrected chi connectivity index (χ0v) is 9.69. The highest BCUT2D eigenvalue weighted by atomic mass is 16.5. The first-order valence-electron chi connectivity index (χ1n) is 5.50. The number of hydrogen-bond donors (Lipinski definition) is 0. The van der Waals surface area contributed by atoms with Crippen LogP contribution in [0.1, 0.15) is 25.8 Å². The molecule has 1 aromatic carbocycles. The van der Waals surface area contributed by atoms with E-state index in [0.29, 0.717) is 6.61 Å². The number of ether oxygens (including phenoxy) is 1. The third-order valence-electron chi connectivity index (χ3n) is 2.67. The maximum absolute atomic E-state index is 11.6. The zero-order valence-electron chi connectivity index (χ0n) is 9.69. The van der Waals surface area contributed by atoms with Crippen molar-refractivity contribution in [2.75, 3.05) is 6.61 Å². The third-order valence-corrected chi connectivity index (χ3v) is 2.67. The van der Waals surface area contributed by atoms with E-state index in [4.69, 9.17) is 4.74 Å². The Hall–Kier alpha value is -1.57. The van der Waals surface area contributed by atoms with Crippen LogP contribution in [0.4, 0.5) is 0 Å². The number of benzene rings is 1. The van der Waals surface area contributed by atoms with Gasteiger partial charge in [-0.3, -0.25) is 0 Å². The molecule has 1 aromatic rings. The second-order valence-electron chi connectivity index (χ2n) is 5.00. The van der Waals surface area contributed by atoms with Gasteiger partial charge in [-0.25, -0.2) is 4.79 Å². The Balaban J connectivity index is 2.25. The lowest BCUT2D eigenvalue weighted by Crippen LogP contribution is -2.30.